The molecule has 1 amide bonds. The highest BCUT2D eigenvalue weighted by atomic mass is 35.5. The van der Waals surface area contributed by atoms with Crippen LogP contribution in [0.4, 0.5) is 0 Å². The maximum absolute atomic E-state index is 12.2. The van der Waals surface area contributed by atoms with E-state index in [0.717, 1.165) is 19.6 Å². The van der Waals surface area contributed by atoms with E-state index < -0.39 is 0 Å². The fourth-order valence-electron chi connectivity index (χ4n) is 2.63. The molecule has 116 valence electrons. The smallest absolute Gasteiger partial charge is 0.237 e. The summed E-state index contributed by atoms with van der Waals surface area (Å²) in [6.07, 6.45) is 5.97. The van der Waals surface area contributed by atoms with Crippen LogP contribution in [-0.2, 0) is 4.79 Å². The van der Waals surface area contributed by atoms with Crippen LogP contribution < -0.4 is 5.32 Å². The van der Waals surface area contributed by atoms with Gasteiger partial charge in [0.2, 0.25) is 5.91 Å². The quantitative estimate of drug-likeness (QED) is 0.691. The Balaban J connectivity index is 0.00000361. The van der Waals surface area contributed by atoms with Gasteiger partial charge in [-0.2, -0.15) is 0 Å². The van der Waals surface area contributed by atoms with Crippen molar-refractivity contribution in [1.29, 1.82) is 0 Å². The number of nitrogens with one attached hydrogen (secondary N) is 1. The Hall–Kier alpha value is -0.840. The number of rotatable bonds is 8. The van der Waals surface area contributed by atoms with Crippen LogP contribution in [0, 0.1) is 5.92 Å². The Labute approximate surface area is 129 Å². The fraction of sp³-hybridized carbons (Fsp3) is 0.667. The van der Waals surface area contributed by atoms with Gasteiger partial charge in [-0.1, -0.05) is 12.2 Å². The molecule has 1 rings (SSSR count). The standard InChI is InChI=1S/C15H27N3O.ClH/c1-4-8-18(9-5-2)15(19)13-17-10-6-7-14(12-17)11-16-3;/h4-5,14,16H,1-2,6-13H2,3H3;1H. The molecular weight excluding hydrogens is 274 g/mol. The van der Waals surface area contributed by atoms with Crippen molar-refractivity contribution >= 4 is 18.3 Å². The second-order valence-electron chi connectivity index (χ2n) is 5.18. The predicted octanol–water partition coefficient (Wildman–Crippen LogP) is 1.54. The molecule has 1 atom stereocenters. The molecule has 0 bridgehead atoms. The van der Waals surface area contributed by atoms with Crippen molar-refractivity contribution in [2.24, 2.45) is 5.92 Å². The van der Waals surface area contributed by atoms with Crippen molar-refractivity contribution in [2.45, 2.75) is 12.8 Å². The molecule has 1 fully saturated rings. The third kappa shape index (κ3) is 6.55. The highest BCUT2D eigenvalue weighted by Crippen LogP contribution is 2.15. The Bertz CT molecular complexity index is 297. The number of halogens is 1. The third-order valence-electron chi connectivity index (χ3n) is 3.51. The summed E-state index contributed by atoms with van der Waals surface area (Å²) in [5, 5.41) is 3.23. The van der Waals surface area contributed by atoms with Gasteiger partial charge in [-0.3, -0.25) is 9.69 Å². The van der Waals surface area contributed by atoms with Gasteiger partial charge in [-0.25, -0.2) is 0 Å². The Morgan fingerprint density at radius 2 is 2.05 bits per heavy atom. The molecule has 5 heteroatoms. The second-order valence-corrected chi connectivity index (χ2v) is 5.18. The van der Waals surface area contributed by atoms with E-state index in [-0.39, 0.29) is 18.3 Å². The highest BCUT2D eigenvalue weighted by molar-refractivity contribution is 5.85. The molecule has 0 saturated carbocycles. The first-order valence-electron chi connectivity index (χ1n) is 7.07. The molecular formula is C15H28ClN3O. The Morgan fingerprint density at radius 3 is 2.60 bits per heavy atom. The summed E-state index contributed by atoms with van der Waals surface area (Å²) in [5.41, 5.74) is 0. The van der Waals surface area contributed by atoms with Gasteiger partial charge in [0.15, 0.2) is 0 Å². The lowest BCUT2D eigenvalue weighted by Gasteiger charge is -2.33. The number of hydrogen-bond donors (Lipinski definition) is 1. The minimum Gasteiger partial charge on any atom is -0.334 e. The van der Waals surface area contributed by atoms with Crippen molar-refractivity contribution in [3.05, 3.63) is 25.3 Å². The van der Waals surface area contributed by atoms with E-state index in [1.807, 2.05) is 7.05 Å². The third-order valence-corrected chi connectivity index (χ3v) is 3.51. The average Bonchev–Trinajstić information content (AvgIpc) is 2.39. The van der Waals surface area contributed by atoms with Crippen LogP contribution in [0.15, 0.2) is 25.3 Å². The zero-order valence-corrected chi connectivity index (χ0v) is 13.3. The fourth-order valence-corrected chi connectivity index (χ4v) is 2.63. The van der Waals surface area contributed by atoms with Crippen LogP contribution >= 0.6 is 12.4 Å². The number of nitrogens with zero attached hydrogens (tertiary/aromatic N) is 2. The van der Waals surface area contributed by atoms with Crippen molar-refractivity contribution < 1.29 is 4.79 Å². The summed E-state index contributed by atoms with van der Waals surface area (Å²) in [6.45, 7) is 12.2. The van der Waals surface area contributed by atoms with Crippen LogP contribution in [0.1, 0.15) is 12.8 Å². The average molecular weight is 302 g/mol. The summed E-state index contributed by atoms with van der Waals surface area (Å²) in [6, 6.07) is 0. The van der Waals surface area contributed by atoms with Crippen LogP contribution in [0.2, 0.25) is 0 Å². The van der Waals surface area contributed by atoms with Gasteiger partial charge >= 0.3 is 0 Å². The van der Waals surface area contributed by atoms with E-state index in [1.165, 1.54) is 12.8 Å². The summed E-state index contributed by atoms with van der Waals surface area (Å²) in [7, 11) is 1.99. The summed E-state index contributed by atoms with van der Waals surface area (Å²) in [4.78, 5) is 16.3. The van der Waals surface area contributed by atoms with Gasteiger partial charge in [0, 0.05) is 19.6 Å². The van der Waals surface area contributed by atoms with Crippen LogP contribution in [-0.4, -0.2) is 62.0 Å². The Kier molecular flexibility index (Phi) is 10.4. The number of piperidine rings is 1. The molecule has 0 aromatic rings. The van der Waals surface area contributed by atoms with E-state index >= 15 is 0 Å². The van der Waals surface area contributed by atoms with Crippen molar-refractivity contribution in [2.75, 3.05) is 46.3 Å². The first-order valence-corrected chi connectivity index (χ1v) is 7.07. The minimum atomic E-state index is 0. The molecule has 1 N–H and O–H groups in total. The van der Waals surface area contributed by atoms with Crippen molar-refractivity contribution in [3.8, 4) is 0 Å². The number of likely N-dealkylation sites (tertiary alicyclic amines) is 1. The lowest BCUT2D eigenvalue weighted by molar-refractivity contribution is -0.131. The molecule has 1 aliphatic heterocycles. The summed E-state index contributed by atoms with van der Waals surface area (Å²) in [5.74, 6) is 0.837. The highest BCUT2D eigenvalue weighted by Gasteiger charge is 2.22. The minimum absolute atomic E-state index is 0. The normalized spacial score (nSPS) is 18.9. The predicted molar refractivity (Wildman–Crippen MR) is 87.3 cm³/mol. The molecule has 4 nitrogen and oxygen atoms in total. The van der Waals surface area contributed by atoms with Gasteiger partial charge in [-0.15, -0.1) is 25.6 Å². The molecule has 20 heavy (non-hydrogen) atoms. The zero-order valence-electron chi connectivity index (χ0n) is 12.5. The van der Waals surface area contributed by atoms with Gasteiger partial charge in [0.05, 0.1) is 6.54 Å². The van der Waals surface area contributed by atoms with E-state index in [4.69, 9.17) is 0 Å². The Morgan fingerprint density at radius 1 is 1.40 bits per heavy atom. The summed E-state index contributed by atoms with van der Waals surface area (Å²) < 4.78 is 0. The molecule has 1 aliphatic rings. The van der Waals surface area contributed by atoms with Crippen LogP contribution in [0.5, 0.6) is 0 Å². The topological polar surface area (TPSA) is 35.6 Å². The van der Waals surface area contributed by atoms with E-state index in [1.54, 1.807) is 17.1 Å². The van der Waals surface area contributed by atoms with E-state index in [9.17, 15) is 4.79 Å². The van der Waals surface area contributed by atoms with E-state index in [0.29, 0.717) is 25.6 Å². The van der Waals surface area contributed by atoms with Crippen molar-refractivity contribution in [1.82, 2.24) is 15.1 Å². The molecule has 0 aromatic carbocycles. The van der Waals surface area contributed by atoms with Crippen LogP contribution in [0.3, 0.4) is 0 Å². The summed E-state index contributed by atoms with van der Waals surface area (Å²) >= 11 is 0. The van der Waals surface area contributed by atoms with E-state index in [2.05, 4.69) is 23.4 Å². The molecule has 0 aromatic heterocycles. The molecule has 1 saturated heterocycles. The lowest BCUT2D eigenvalue weighted by Crippen LogP contribution is -2.45. The lowest BCUT2D eigenvalue weighted by atomic mass is 9.98. The number of carbonyl (C=O) groups excluding carboxylic acids is 1. The molecule has 0 radical (unpaired) electrons. The van der Waals surface area contributed by atoms with Gasteiger partial charge in [0.25, 0.3) is 0 Å². The van der Waals surface area contributed by atoms with Crippen LogP contribution in [0.25, 0.3) is 0 Å². The first kappa shape index (κ1) is 19.2. The molecule has 1 heterocycles. The molecule has 0 aliphatic carbocycles. The molecule has 0 spiro atoms. The van der Waals surface area contributed by atoms with Crippen molar-refractivity contribution in [3.63, 3.8) is 0 Å². The number of hydrogen-bond acceptors (Lipinski definition) is 3. The number of carbonyl (C=O) groups is 1. The second kappa shape index (κ2) is 10.9. The van der Waals surface area contributed by atoms with Gasteiger partial charge in [-0.05, 0) is 38.9 Å². The van der Waals surface area contributed by atoms with Gasteiger partial charge < -0.3 is 10.2 Å². The molecule has 1 unspecified atom stereocenters. The SMILES string of the molecule is C=CCN(CC=C)C(=O)CN1CCCC(CNC)C1.Cl. The maximum atomic E-state index is 12.2. The maximum Gasteiger partial charge on any atom is 0.237 e. The zero-order chi connectivity index (χ0) is 14.1. The van der Waals surface area contributed by atoms with Gasteiger partial charge in [0.1, 0.15) is 0 Å². The largest absolute Gasteiger partial charge is 0.334 e. The number of amides is 1. The monoisotopic (exact) mass is 301 g/mol. The first-order chi connectivity index (χ1) is 9.21.